The Morgan fingerprint density at radius 1 is 1.43 bits per heavy atom. The van der Waals surface area contributed by atoms with Gasteiger partial charge in [-0.3, -0.25) is 4.79 Å². The number of carbonyl (C=O) groups is 1. The van der Waals surface area contributed by atoms with Crippen LogP contribution < -0.4 is 11.1 Å². The van der Waals surface area contributed by atoms with Crippen molar-refractivity contribution in [2.45, 2.75) is 38.1 Å². The lowest BCUT2D eigenvalue weighted by atomic mass is 10.1. The van der Waals surface area contributed by atoms with E-state index >= 15 is 0 Å². The lowest BCUT2D eigenvalue weighted by Crippen LogP contribution is -2.23. The zero-order valence-electron chi connectivity index (χ0n) is 12.0. The Morgan fingerprint density at radius 3 is 2.67 bits per heavy atom. The zero-order chi connectivity index (χ0) is 16.0. The van der Waals surface area contributed by atoms with Crippen LogP contribution in [0.2, 0.25) is 0 Å². The standard InChI is InChI=1S/C14H19F3N2OS/c1-3-4-7-21-9(2)13(20)19-10-5-6-12(18)11(8-10)14(15,16)17/h5-6,8-9H,3-4,7,18H2,1-2H3,(H,19,20). The molecule has 1 amide bonds. The van der Waals surface area contributed by atoms with Gasteiger partial charge in [0.15, 0.2) is 0 Å². The Balaban J connectivity index is 2.73. The van der Waals surface area contributed by atoms with E-state index in [2.05, 4.69) is 12.2 Å². The molecule has 0 heterocycles. The van der Waals surface area contributed by atoms with Crippen molar-refractivity contribution in [1.82, 2.24) is 0 Å². The Labute approximate surface area is 126 Å². The van der Waals surface area contributed by atoms with Gasteiger partial charge in [-0.15, -0.1) is 11.8 Å². The minimum Gasteiger partial charge on any atom is -0.398 e. The minimum atomic E-state index is -4.54. The molecule has 1 aromatic carbocycles. The molecule has 0 saturated heterocycles. The molecular formula is C14H19F3N2OS. The van der Waals surface area contributed by atoms with Crippen LogP contribution in [0.1, 0.15) is 32.3 Å². The summed E-state index contributed by atoms with van der Waals surface area (Å²) in [6.45, 7) is 3.79. The highest BCUT2D eigenvalue weighted by molar-refractivity contribution is 8.00. The maximum Gasteiger partial charge on any atom is 0.418 e. The molecule has 1 unspecified atom stereocenters. The molecule has 21 heavy (non-hydrogen) atoms. The summed E-state index contributed by atoms with van der Waals surface area (Å²) >= 11 is 1.48. The van der Waals surface area contributed by atoms with Crippen LogP contribution in [0.15, 0.2) is 18.2 Å². The molecule has 0 aliphatic rings. The van der Waals surface area contributed by atoms with Crippen LogP contribution in [0.4, 0.5) is 24.5 Å². The van der Waals surface area contributed by atoms with E-state index in [1.54, 1.807) is 6.92 Å². The monoisotopic (exact) mass is 320 g/mol. The van der Waals surface area contributed by atoms with Gasteiger partial charge in [0.2, 0.25) is 5.91 Å². The fourth-order valence-corrected chi connectivity index (χ4v) is 2.62. The van der Waals surface area contributed by atoms with Gasteiger partial charge in [0.25, 0.3) is 0 Å². The highest BCUT2D eigenvalue weighted by Gasteiger charge is 2.33. The molecule has 3 nitrogen and oxygen atoms in total. The third kappa shape index (κ3) is 5.49. The summed E-state index contributed by atoms with van der Waals surface area (Å²) in [6.07, 6.45) is -2.50. The van der Waals surface area contributed by atoms with Gasteiger partial charge in [-0.1, -0.05) is 13.3 Å². The van der Waals surface area contributed by atoms with Gasteiger partial charge in [-0.2, -0.15) is 13.2 Å². The second kappa shape index (κ2) is 7.59. The molecule has 7 heteroatoms. The number of thioether (sulfide) groups is 1. The quantitative estimate of drug-likeness (QED) is 0.611. The molecule has 0 saturated carbocycles. The van der Waals surface area contributed by atoms with Gasteiger partial charge in [0, 0.05) is 11.4 Å². The molecule has 0 aliphatic heterocycles. The Hall–Kier alpha value is -1.37. The normalized spacial score (nSPS) is 13.0. The molecule has 3 N–H and O–H groups in total. The summed E-state index contributed by atoms with van der Waals surface area (Å²) in [5, 5.41) is 2.18. The zero-order valence-corrected chi connectivity index (χ0v) is 12.8. The molecule has 0 radical (unpaired) electrons. The number of halogens is 3. The first-order valence-corrected chi connectivity index (χ1v) is 7.69. The molecule has 0 bridgehead atoms. The average molecular weight is 320 g/mol. The van der Waals surface area contributed by atoms with E-state index in [4.69, 9.17) is 5.73 Å². The summed E-state index contributed by atoms with van der Waals surface area (Å²) < 4.78 is 38.2. The molecule has 0 aromatic heterocycles. The first-order chi connectivity index (χ1) is 9.75. The van der Waals surface area contributed by atoms with E-state index in [1.807, 2.05) is 0 Å². The first-order valence-electron chi connectivity index (χ1n) is 6.65. The van der Waals surface area contributed by atoms with Crippen molar-refractivity contribution < 1.29 is 18.0 Å². The third-order valence-corrected chi connectivity index (χ3v) is 4.10. The van der Waals surface area contributed by atoms with E-state index in [-0.39, 0.29) is 22.5 Å². The number of nitrogens with one attached hydrogen (secondary N) is 1. The van der Waals surface area contributed by atoms with Crippen LogP contribution in [0.25, 0.3) is 0 Å². The number of anilines is 2. The molecular weight excluding hydrogens is 301 g/mol. The number of hydrogen-bond donors (Lipinski definition) is 2. The fraction of sp³-hybridized carbons (Fsp3) is 0.500. The molecule has 118 valence electrons. The minimum absolute atomic E-state index is 0.101. The number of amides is 1. The number of benzene rings is 1. The lowest BCUT2D eigenvalue weighted by molar-refractivity contribution is -0.136. The highest BCUT2D eigenvalue weighted by atomic mass is 32.2. The molecule has 0 spiro atoms. The van der Waals surface area contributed by atoms with Gasteiger partial charge < -0.3 is 11.1 Å². The number of carbonyl (C=O) groups excluding carboxylic acids is 1. The molecule has 1 atom stereocenters. The topological polar surface area (TPSA) is 55.1 Å². The Morgan fingerprint density at radius 2 is 2.10 bits per heavy atom. The Bertz CT molecular complexity index is 492. The van der Waals surface area contributed by atoms with E-state index in [9.17, 15) is 18.0 Å². The van der Waals surface area contributed by atoms with Crippen LogP contribution in [-0.4, -0.2) is 16.9 Å². The fourth-order valence-electron chi connectivity index (χ4n) is 1.60. The predicted molar refractivity (Wildman–Crippen MR) is 81.3 cm³/mol. The lowest BCUT2D eigenvalue weighted by Gasteiger charge is -2.14. The highest BCUT2D eigenvalue weighted by Crippen LogP contribution is 2.35. The maximum absolute atomic E-state index is 12.7. The van der Waals surface area contributed by atoms with Gasteiger partial charge in [-0.25, -0.2) is 0 Å². The number of nitrogen functional groups attached to an aromatic ring is 1. The molecule has 1 rings (SSSR count). The van der Waals surface area contributed by atoms with Crippen LogP contribution in [-0.2, 0) is 11.0 Å². The molecule has 0 aliphatic carbocycles. The summed E-state index contributed by atoms with van der Waals surface area (Å²) in [6, 6.07) is 3.37. The van der Waals surface area contributed by atoms with Crippen molar-refractivity contribution in [2.75, 3.05) is 16.8 Å². The van der Waals surface area contributed by atoms with Gasteiger partial charge in [-0.05, 0) is 37.3 Å². The van der Waals surface area contributed by atoms with Crippen LogP contribution in [0, 0.1) is 0 Å². The van der Waals surface area contributed by atoms with Crippen molar-refractivity contribution in [3.05, 3.63) is 23.8 Å². The number of hydrogen-bond acceptors (Lipinski definition) is 3. The van der Waals surface area contributed by atoms with E-state index in [0.717, 1.165) is 30.7 Å². The maximum atomic E-state index is 12.7. The van der Waals surface area contributed by atoms with E-state index in [0.29, 0.717) is 0 Å². The van der Waals surface area contributed by atoms with Crippen LogP contribution >= 0.6 is 11.8 Å². The first kappa shape index (κ1) is 17.7. The van der Waals surface area contributed by atoms with Crippen molar-refractivity contribution >= 4 is 29.0 Å². The van der Waals surface area contributed by atoms with Crippen molar-refractivity contribution in [1.29, 1.82) is 0 Å². The summed E-state index contributed by atoms with van der Waals surface area (Å²) in [5.41, 5.74) is 4.12. The number of nitrogens with two attached hydrogens (primary N) is 1. The molecule has 1 aromatic rings. The van der Waals surface area contributed by atoms with Crippen molar-refractivity contribution in [3.63, 3.8) is 0 Å². The van der Waals surface area contributed by atoms with Crippen molar-refractivity contribution in [2.24, 2.45) is 0 Å². The number of rotatable bonds is 6. The second-order valence-electron chi connectivity index (χ2n) is 4.66. The molecule has 0 fully saturated rings. The number of unbranched alkanes of at least 4 members (excludes halogenated alkanes) is 1. The summed E-state index contributed by atoms with van der Waals surface area (Å²) in [4.78, 5) is 11.9. The summed E-state index contributed by atoms with van der Waals surface area (Å²) in [7, 11) is 0. The second-order valence-corrected chi connectivity index (χ2v) is 6.10. The third-order valence-electron chi connectivity index (χ3n) is 2.86. The summed E-state index contributed by atoms with van der Waals surface area (Å²) in [5.74, 6) is 0.537. The van der Waals surface area contributed by atoms with Crippen molar-refractivity contribution in [3.8, 4) is 0 Å². The largest absolute Gasteiger partial charge is 0.418 e. The smallest absolute Gasteiger partial charge is 0.398 e. The van der Waals surface area contributed by atoms with Crippen LogP contribution in [0.5, 0.6) is 0 Å². The predicted octanol–water partition coefficient (Wildman–Crippen LogP) is 4.15. The van der Waals surface area contributed by atoms with Crippen LogP contribution in [0.3, 0.4) is 0 Å². The van der Waals surface area contributed by atoms with Gasteiger partial charge >= 0.3 is 6.18 Å². The Kier molecular flexibility index (Phi) is 6.39. The van der Waals surface area contributed by atoms with Gasteiger partial charge in [0.1, 0.15) is 0 Å². The number of alkyl halides is 3. The SMILES string of the molecule is CCCCSC(C)C(=O)Nc1ccc(N)c(C(F)(F)F)c1. The van der Waals surface area contributed by atoms with E-state index in [1.165, 1.54) is 17.8 Å². The van der Waals surface area contributed by atoms with Gasteiger partial charge in [0.05, 0.1) is 10.8 Å². The van der Waals surface area contributed by atoms with E-state index < -0.39 is 11.7 Å². The average Bonchev–Trinajstić information content (AvgIpc) is 2.39.